The summed E-state index contributed by atoms with van der Waals surface area (Å²) in [5.74, 6) is 0.983. The largest absolute Gasteiger partial charge is 0.338 e. The summed E-state index contributed by atoms with van der Waals surface area (Å²) in [6, 6.07) is -0.347. The Labute approximate surface area is 97.8 Å². The maximum Gasteiger partial charge on any atom is 0.287 e. The van der Waals surface area contributed by atoms with Crippen molar-refractivity contribution in [3.05, 3.63) is 29.9 Å². The molecule has 0 saturated carbocycles. The van der Waals surface area contributed by atoms with Crippen LogP contribution in [0.5, 0.6) is 0 Å². The minimum atomic E-state index is -0.347. The van der Waals surface area contributed by atoms with Crippen LogP contribution >= 0.6 is 0 Å². The predicted octanol–water partition coefficient (Wildman–Crippen LogP) is 0.603. The van der Waals surface area contributed by atoms with Gasteiger partial charge in [0.1, 0.15) is 6.04 Å². The number of rotatable bonds is 3. The lowest BCUT2D eigenvalue weighted by atomic mass is 10.3. The van der Waals surface area contributed by atoms with Gasteiger partial charge in [0.15, 0.2) is 11.6 Å². The van der Waals surface area contributed by atoms with Gasteiger partial charge < -0.3 is 14.4 Å². The van der Waals surface area contributed by atoms with Gasteiger partial charge >= 0.3 is 0 Å². The second-order valence-electron chi connectivity index (χ2n) is 3.74. The van der Waals surface area contributed by atoms with Gasteiger partial charge in [0, 0.05) is 19.4 Å². The molecule has 0 unspecified atom stereocenters. The first-order valence-electron chi connectivity index (χ1n) is 5.16. The van der Waals surface area contributed by atoms with Gasteiger partial charge in [0.2, 0.25) is 5.89 Å². The second kappa shape index (κ2) is 4.36. The molecule has 2 rings (SSSR count). The van der Waals surface area contributed by atoms with Gasteiger partial charge in [0.05, 0.1) is 0 Å². The summed E-state index contributed by atoms with van der Waals surface area (Å²) in [5.41, 5.74) is 0. The standard InChI is InChI=1S/C10H13N5O2/c1-6(10-13-7(2)14-17-10)12-9(16)8-11-4-5-15(8)3/h4-6H,1-3H3,(H,12,16)/t6-/m1/s1. The number of amides is 1. The van der Waals surface area contributed by atoms with Crippen LogP contribution in [0.25, 0.3) is 0 Å². The molecule has 2 aromatic rings. The lowest BCUT2D eigenvalue weighted by molar-refractivity contribution is 0.0919. The first-order chi connectivity index (χ1) is 8.08. The van der Waals surface area contributed by atoms with Crippen molar-refractivity contribution in [3.8, 4) is 0 Å². The summed E-state index contributed by atoms with van der Waals surface area (Å²) >= 11 is 0. The fraction of sp³-hybridized carbons (Fsp3) is 0.400. The molecule has 17 heavy (non-hydrogen) atoms. The van der Waals surface area contributed by atoms with E-state index in [1.807, 2.05) is 0 Å². The molecule has 0 aromatic carbocycles. The van der Waals surface area contributed by atoms with Crippen molar-refractivity contribution in [2.45, 2.75) is 19.9 Å². The molecule has 0 aliphatic heterocycles. The lowest BCUT2D eigenvalue weighted by Gasteiger charge is -2.08. The van der Waals surface area contributed by atoms with Crippen LogP contribution < -0.4 is 5.32 Å². The number of hydrogen-bond donors (Lipinski definition) is 1. The van der Waals surface area contributed by atoms with Crippen molar-refractivity contribution in [1.29, 1.82) is 0 Å². The second-order valence-corrected chi connectivity index (χ2v) is 3.74. The van der Waals surface area contributed by atoms with Gasteiger partial charge in [-0.15, -0.1) is 0 Å². The molecule has 1 N–H and O–H groups in total. The Morgan fingerprint density at radius 3 is 2.88 bits per heavy atom. The van der Waals surface area contributed by atoms with Gasteiger partial charge in [-0.2, -0.15) is 4.98 Å². The van der Waals surface area contributed by atoms with Crippen molar-refractivity contribution < 1.29 is 9.32 Å². The van der Waals surface area contributed by atoms with E-state index in [0.717, 1.165) is 0 Å². The van der Waals surface area contributed by atoms with Crippen molar-refractivity contribution in [1.82, 2.24) is 25.0 Å². The van der Waals surface area contributed by atoms with Gasteiger partial charge in [-0.3, -0.25) is 4.79 Å². The summed E-state index contributed by atoms with van der Waals surface area (Å²) in [6.45, 7) is 3.49. The van der Waals surface area contributed by atoms with Crippen LogP contribution in [0.4, 0.5) is 0 Å². The molecule has 0 bridgehead atoms. The van der Waals surface area contributed by atoms with Gasteiger partial charge in [-0.25, -0.2) is 4.98 Å². The SMILES string of the molecule is Cc1noc([C@@H](C)NC(=O)c2nccn2C)n1. The Kier molecular flexibility index (Phi) is 2.90. The monoisotopic (exact) mass is 235 g/mol. The van der Waals surface area contributed by atoms with Crippen LogP contribution in [-0.4, -0.2) is 25.6 Å². The zero-order valence-electron chi connectivity index (χ0n) is 9.84. The van der Waals surface area contributed by atoms with E-state index >= 15 is 0 Å². The Morgan fingerprint density at radius 2 is 2.35 bits per heavy atom. The van der Waals surface area contributed by atoms with Gasteiger partial charge in [0.25, 0.3) is 5.91 Å². The predicted molar refractivity (Wildman–Crippen MR) is 58.1 cm³/mol. The van der Waals surface area contributed by atoms with E-state index in [-0.39, 0.29) is 11.9 Å². The third-order valence-electron chi connectivity index (χ3n) is 2.29. The van der Waals surface area contributed by atoms with E-state index in [2.05, 4.69) is 20.4 Å². The number of nitrogens with zero attached hydrogens (tertiary/aromatic N) is 4. The smallest absolute Gasteiger partial charge is 0.287 e. The van der Waals surface area contributed by atoms with Crippen LogP contribution in [-0.2, 0) is 7.05 Å². The van der Waals surface area contributed by atoms with E-state index < -0.39 is 0 Å². The molecule has 0 spiro atoms. The molecule has 1 atom stereocenters. The van der Waals surface area contributed by atoms with E-state index in [1.165, 1.54) is 0 Å². The highest BCUT2D eigenvalue weighted by atomic mass is 16.5. The summed E-state index contributed by atoms with van der Waals surface area (Å²) in [6.07, 6.45) is 3.27. The molecule has 0 aliphatic carbocycles. The molecule has 90 valence electrons. The molecular formula is C10H13N5O2. The Balaban J connectivity index is 2.07. The highest BCUT2D eigenvalue weighted by Crippen LogP contribution is 2.09. The molecule has 7 nitrogen and oxygen atoms in total. The number of carbonyl (C=O) groups is 1. The van der Waals surface area contributed by atoms with Crippen LogP contribution in [0.2, 0.25) is 0 Å². The van der Waals surface area contributed by atoms with Gasteiger partial charge in [-0.05, 0) is 13.8 Å². The average molecular weight is 235 g/mol. The summed E-state index contributed by atoms with van der Waals surface area (Å²) < 4.78 is 6.61. The number of hydrogen-bond acceptors (Lipinski definition) is 5. The molecule has 1 amide bonds. The van der Waals surface area contributed by atoms with E-state index in [0.29, 0.717) is 17.5 Å². The van der Waals surface area contributed by atoms with Gasteiger partial charge in [-0.1, -0.05) is 5.16 Å². The van der Waals surface area contributed by atoms with Crippen molar-refractivity contribution >= 4 is 5.91 Å². The third kappa shape index (κ3) is 2.32. The summed E-state index contributed by atoms with van der Waals surface area (Å²) in [4.78, 5) is 19.8. The Hall–Kier alpha value is -2.18. The number of imidazole rings is 1. The quantitative estimate of drug-likeness (QED) is 0.842. The van der Waals surface area contributed by atoms with Crippen molar-refractivity contribution in [3.63, 3.8) is 0 Å². The number of nitrogens with one attached hydrogen (secondary N) is 1. The van der Waals surface area contributed by atoms with E-state index in [1.54, 1.807) is 37.9 Å². The number of carbonyl (C=O) groups excluding carboxylic acids is 1. The lowest BCUT2D eigenvalue weighted by Crippen LogP contribution is -2.29. The molecule has 2 aromatic heterocycles. The fourth-order valence-electron chi connectivity index (χ4n) is 1.40. The minimum Gasteiger partial charge on any atom is -0.338 e. The van der Waals surface area contributed by atoms with E-state index in [9.17, 15) is 4.79 Å². The maximum atomic E-state index is 11.8. The number of aromatic nitrogens is 4. The summed E-state index contributed by atoms with van der Waals surface area (Å²) in [7, 11) is 1.75. The number of aryl methyl sites for hydroxylation is 2. The van der Waals surface area contributed by atoms with Crippen LogP contribution in [0.1, 0.15) is 35.3 Å². The zero-order chi connectivity index (χ0) is 12.4. The van der Waals surface area contributed by atoms with Crippen molar-refractivity contribution in [2.75, 3.05) is 0 Å². The first kappa shape index (κ1) is 11.3. The van der Waals surface area contributed by atoms with Crippen LogP contribution in [0.3, 0.4) is 0 Å². The minimum absolute atomic E-state index is 0.277. The normalized spacial score (nSPS) is 12.4. The molecule has 0 fully saturated rings. The highest BCUT2D eigenvalue weighted by molar-refractivity contribution is 5.90. The topological polar surface area (TPSA) is 85.8 Å². The zero-order valence-corrected chi connectivity index (χ0v) is 9.84. The molecule has 2 heterocycles. The fourth-order valence-corrected chi connectivity index (χ4v) is 1.40. The first-order valence-corrected chi connectivity index (χ1v) is 5.16. The average Bonchev–Trinajstić information content (AvgIpc) is 2.86. The summed E-state index contributed by atoms with van der Waals surface area (Å²) in [5, 5.41) is 6.40. The maximum absolute atomic E-state index is 11.8. The molecular weight excluding hydrogens is 222 g/mol. The van der Waals surface area contributed by atoms with Crippen LogP contribution in [0, 0.1) is 6.92 Å². The molecule has 0 saturated heterocycles. The van der Waals surface area contributed by atoms with Crippen molar-refractivity contribution in [2.24, 2.45) is 7.05 Å². The molecule has 7 heteroatoms. The highest BCUT2D eigenvalue weighted by Gasteiger charge is 2.18. The Morgan fingerprint density at radius 1 is 1.59 bits per heavy atom. The van der Waals surface area contributed by atoms with Crippen LogP contribution in [0.15, 0.2) is 16.9 Å². The molecule has 0 aliphatic rings. The molecule has 0 radical (unpaired) electrons. The third-order valence-corrected chi connectivity index (χ3v) is 2.29. The Bertz CT molecular complexity index is 530. The van der Waals surface area contributed by atoms with E-state index in [4.69, 9.17) is 4.52 Å².